The number of carbonyl (C=O) groups is 2. The fourth-order valence-corrected chi connectivity index (χ4v) is 3.67. The van der Waals surface area contributed by atoms with Crippen LogP contribution in [0, 0.1) is 0 Å². The van der Waals surface area contributed by atoms with E-state index in [2.05, 4.69) is 24.1 Å². The van der Waals surface area contributed by atoms with Gasteiger partial charge in [0.15, 0.2) is 0 Å². The highest BCUT2D eigenvalue weighted by Gasteiger charge is 2.17. The largest absolute Gasteiger partial charge is 0.481 e. The van der Waals surface area contributed by atoms with Crippen LogP contribution in [0.2, 0.25) is 0 Å². The van der Waals surface area contributed by atoms with Gasteiger partial charge in [-0.3, -0.25) is 9.59 Å². The maximum absolute atomic E-state index is 11.2. The van der Waals surface area contributed by atoms with Crippen molar-refractivity contribution in [1.29, 1.82) is 0 Å². The van der Waals surface area contributed by atoms with Crippen LogP contribution in [0.5, 0.6) is 0 Å². The highest BCUT2D eigenvalue weighted by Crippen LogP contribution is 2.12. The molecule has 0 fully saturated rings. The first kappa shape index (κ1) is 27.9. The van der Waals surface area contributed by atoms with Gasteiger partial charge in [-0.15, -0.1) is 0 Å². The second-order valence-electron chi connectivity index (χ2n) is 8.13. The molecule has 0 aromatic carbocycles. The van der Waals surface area contributed by atoms with E-state index in [1.165, 1.54) is 90.3 Å². The third-order valence-corrected chi connectivity index (χ3v) is 5.66. The van der Waals surface area contributed by atoms with Gasteiger partial charge in [-0.25, -0.2) is 0 Å². The van der Waals surface area contributed by atoms with Gasteiger partial charge in [0.2, 0.25) is 5.91 Å². The summed E-state index contributed by atoms with van der Waals surface area (Å²) in [7, 11) is 0. The third kappa shape index (κ3) is 18.6. The average molecular weight is 414 g/mol. The molecule has 1 amide bonds. The number of carbonyl (C=O) groups excluding carboxylic acids is 1. The number of nitrogens with two attached hydrogens (primary N) is 1. The maximum Gasteiger partial charge on any atom is 0.305 e. The Kier molecular flexibility index (Phi) is 19.4. The number of amides is 1. The number of hydrogen-bond acceptors (Lipinski definition) is 4. The Balaban J connectivity index is 3.29. The SMILES string of the molecule is CCN(CC)CCCCCCCCCCCCCCCNC(CC(=O)O)C(N)=O. The monoisotopic (exact) mass is 413 g/mol. The van der Waals surface area contributed by atoms with Crippen LogP contribution in [0.15, 0.2) is 0 Å². The summed E-state index contributed by atoms with van der Waals surface area (Å²) in [5.74, 6) is -1.59. The van der Waals surface area contributed by atoms with Crippen molar-refractivity contribution >= 4 is 11.9 Å². The lowest BCUT2D eigenvalue weighted by molar-refractivity contribution is -0.139. The number of carboxylic acids is 1. The molecule has 0 radical (unpaired) electrons. The Hall–Kier alpha value is -1.14. The smallest absolute Gasteiger partial charge is 0.305 e. The van der Waals surface area contributed by atoms with E-state index in [4.69, 9.17) is 10.8 Å². The normalized spacial score (nSPS) is 12.4. The number of nitrogens with one attached hydrogen (secondary N) is 1. The van der Waals surface area contributed by atoms with Crippen LogP contribution in [0.25, 0.3) is 0 Å². The lowest BCUT2D eigenvalue weighted by Gasteiger charge is -2.17. The number of aliphatic carboxylic acids is 1. The molecule has 0 aliphatic heterocycles. The number of carboxylic acid groups (broad SMARTS) is 1. The zero-order valence-corrected chi connectivity index (χ0v) is 19.1. The molecule has 1 unspecified atom stereocenters. The Bertz CT molecular complexity index is 401. The molecule has 6 heteroatoms. The molecule has 0 rings (SSSR count). The fraction of sp³-hybridized carbons (Fsp3) is 0.913. The van der Waals surface area contributed by atoms with E-state index in [0.29, 0.717) is 6.54 Å². The number of hydrogen-bond donors (Lipinski definition) is 3. The van der Waals surface area contributed by atoms with Crippen LogP contribution in [0.4, 0.5) is 0 Å². The van der Waals surface area contributed by atoms with E-state index in [-0.39, 0.29) is 6.42 Å². The average Bonchev–Trinajstić information content (AvgIpc) is 2.69. The zero-order chi connectivity index (χ0) is 21.7. The summed E-state index contributed by atoms with van der Waals surface area (Å²) in [5.41, 5.74) is 5.20. The van der Waals surface area contributed by atoms with Gasteiger partial charge in [0.25, 0.3) is 0 Å². The van der Waals surface area contributed by atoms with E-state index in [1.54, 1.807) is 0 Å². The Labute approximate surface area is 179 Å². The third-order valence-electron chi connectivity index (χ3n) is 5.66. The molecule has 0 heterocycles. The van der Waals surface area contributed by atoms with Crippen LogP contribution in [0.1, 0.15) is 104 Å². The first-order valence-electron chi connectivity index (χ1n) is 12.0. The molecule has 0 aromatic rings. The lowest BCUT2D eigenvalue weighted by Crippen LogP contribution is -2.43. The summed E-state index contributed by atoms with van der Waals surface area (Å²) in [4.78, 5) is 24.3. The number of rotatable bonds is 22. The van der Waals surface area contributed by atoms with E-state index >= 15 is 0 Å². The van der Waals surface area contributed by atoms with Gasteiger partial charge >= 0.3 is 5.97 Å². The molecule has 0 aromatic heterocycles. The van der Waals surface area contributed by atoms with E-state index in [9.17, 15) is 9.59 Å². The molecule has 1 atom stereocenters. The maximum atomic E-state index is 11.2. The summed E-state index contributed by atoms with van der Waals surface area (Å²) >= 11 is 0. The lowest BCUT2D eigenvalue weighted by atomic mass is 10.0. The van der Waals surface area contributed by atoms with Crippen molar-refractivity contribution < 1.29 is 14.7 Å². The van der Waals surface area contributed by atoms with Crippen LogP contribution < -0.4 is 11.1 Å². The molecular weight excluding hydrogens is 366 g/mol. The van der Waals surface area contributed by atoms with Crippen molar-refractivity contribution in [1.82, 2.24) is 10.2 Å². The topological polar surface area (TPSA) is 95.7 Å². The first-order valence-corrected chi connectivity index (χ1v) is 12.0. The summed E-state index contributed by atoms with van der Waals surface area (Å²) in [6.45, 7) is 8.75. The van der Waals surface area contributed by atoms with Crippen molar-refractivity contribution in [2.75, 3.05) is 26.2 Å². The molecule has 0 aliphatic rings. The van der Waals surface area contributed by atoms with Crippen molar-refractivity contribution in [2.45, 2.75) is 110 Å². The summed E-state index contributed by atoms with van der Waals surface area (Å²) in [6, 6.07) is -0.755. The molecule has 29 heavy (non-hydrogen) atoms. The standard InChI is InChI=1S/C23H47N3O3/c1-3-26(4-2)19-17-15-13-11-9-7-5-6-8-10-12-14-16-18-25-21(23(24)29)20-22(27)28/h21,25H,3-20H2,1-2H3,(H2,24,29)(H,27,28). The second-order valence-corrected chi connectivity index (χ2v) is 8.13. The predicted octanol–water partition coefficient (Wildman–Crippen LogP) is 4.32. The molecule has 0 aliphatic carbocycles. The van der Waals surface area contributed by atoms with Gasteiger partial charge in [0, 0.05) is 0 Å². The highest BCUT2D eigenvalue weighted by molar-refractivity contribution is 5.84. The Morgan fingerprint density at radius 2 is 1.21 bits per heavy atom. The van der Waals surface area contributed by atoms with Crippen molar-refractivity contribution in [2.24, 2.45) is 5.73 Å². The first-order chi connectivity index (χ1) is 14.0. The molecule has 0 spiro atoms. The van der Waals surface area contributed by atoms with Gasteiger partial charge in [0.05, 0.1) is 12.5 Å². The quantitative estimate of drug-likeness (QED) is 0.230. The van der Waals surface area contributed by atoms with Crippen molar-refractivity contribution in [3.63, 3.8) is 0 Å². The summed E-state index contributed by atoms with van der Waals surface area (Å²) in [5, 5.41) is 11.7. The number of primary amides is 1. The van der Waals surface area contributed by atoms with Gasteiger partial charge in [-0.1, -0.05) is 84.5 Å². The van der Waals surface area contributed by atoms with Gasteiger partial charge in [0.1, 0.15) is 0 Å². The van der Waals surface area contributed by atoms with Crippen molar-refractivity contribution in [3.05, 3.63) is 0 Å². The second kappa shape index (κ2) is 20.1. The van der Waals surface area contributed by atoms with Gasteiger partial charge < -0.3 is 21.1 Å². The van der Waals surface area contributed by atoms with Crippen LogP contribution in [-0.4, -0.2) is 54.1 Å². The Morgan fingerprint density at radius 3 is 1.59 bits per heavy atom. The molecule has 0 bridgehead atoms. The van der Waals surface area contributed by atoms with Crippen LogP contribution in [0.3, 0.4) is 0 Å². The fourth-order valence-electron chi connectivity index (χ4n) is 3.67. The van der Waals surface area contributed by atoms with E-state index < -0.39 is 17.9 Å². The number of nitrogens with zero attached hydrogens (tertiary/aromatic N) is 1. The van der Waals surface area contributed by atoms with Crippen molar-refractivity contribution in [3.8, 4) is 0 Å². The molecule has 0 saturated heterocycles. The van der Waals surface area contributed by atoms with E-state index in [0.717, 1.165) is 12.8 Å². The molecule has 4 N–H and O–H groups in total. The molecule has 172 valence electrons. The minimum atomic E-state index is -1.00. The molecule has 0 saturated carbocycles. The van der Waals surface area contributed by atoms with Crippen LogP contribution in [-0.2, 0) is 9.59 Å². The summed E-state index contributed by atoms with van der Waals surface area (Å²) in [6.07, 6.45) is 16.5. The zero-order valence-electron chi connectivity index (χ0n) is 19.1. The van der Waals surface area contributed by atoms with Gasteiger partial charge in [-0.2, -0.15) is 0 Å². The molecular formula is C23H47N3O3. The predicted molar refractivity (Wildman–Crippen MR) is 121 cm³/mol. The molecule has 6 nitrogen and oxygen atoms in total. The minimum Gasteiger partial charge on any atom is -0.481 e. The highest BCUT2D eigenvalue weighted by atomic mass is 16.4. The minimum absolute atomic E-state index is 0.244. The van der Waals surface area contributed by atoms with E-state index in [1.807, 2.05) is 0 Å². The van der Waals surface area contributed by atoms with Crippen LogP contribution >= 0.6 is 0 Å². The van der Waals surface area contributed by atoms with Gasteiger partial charge in [-0.05, 0) is 39.0 Å². The Morgan fingerprint density at radius 1 is 0.793 bits per heavy atom. The summed E-state index contributed by atoms with van der Waals surface area (Å²) < 4.78 is 0. The number of unbranched alkanes of at least 4 members (excludes halogenated alkanes) is 12.